The first-order chi connectivity index (χ1) is 7.39. The van der Waals surface area contributed by atoms with E-state index >= 15 is 0 Å². The molecular weight excluding hydrogens is 254 g/mol. The summed E-state index contributed by atoms with van der Waals surface area (Å²) >= 11 is 5.24. The highest BCUT2D eigenvalue weighted by Crippen LogP contribution is 2.18. The largest absolute Gasteiger partial charge is 0.359 e. The van der Waals surface area contributed by atoms with Gasteiger partial charge in [0.2, 0.25) is 0 Å². The van der Waals surface area contributed by atoms with Crippen molar-refractivity contribution in [3.63, 3.8) is 0 Å². The summed E-state index contributed by atoms with van der Waals surface area (Å²) in [4.78, 5) is 3.95. The van der Waals surface area contributed by atoms with Crippen LogP contribution in [0.3, 0.4) is 0 Å². The van der Waals surface area contributed by atoms with Crippen LogP contribution in [0.25, 0.3) is 0 Å². The maximum Gasteiger partial charge on any atom is 0.171 e. The van der Waals surface area contributed by atoms with Gasteiger partial charge in [0.15, 0.2) is 5.11 Å². The summed E-state index contributed by atoms with van der Waals surface area (Å²) in [6, 6.07) is 4.08. The Morgan fingerprint density at radius 2 is 1.82 bits per heavy atom. The van der Waals surface area contributed by atoms with Gasteiger partial charge in [-0.05, 0) is 36.7 Å². The Balaban J connectivity index is 0.00000256. The number of halogens is 1. The van der Waals surface area contributed by atoms with Crippen LogP contribution in [0.5, 0.6) is 0 Å². The highest BCUT2D eigenvalue weighted by atomic mass is 35.5. The van der Waals surface area contributed by atoms with Crippen LogP contribution < -0.4 is 10.6 Å². The molecule has 1 unspecified atom stereocenters. The van der Waals surface area contributed by atoms with Crippen LogP contribution in [0, 0.1) is 5.41 Å². The van der Waals surface area contributed by atoms with Gasteiger partial charge in [-0.25, -0.2) is 0 Å². The molecule has 0 spiro atoms. The molecule has 0 aliphatic carbocycles. The monoisotopic (exact) mass is 273 g/mol. The Kier molecular flexibility index (Phi) is 6.42. The van der Waals surface area contributed by atoms with Crippen molar-refractivity contribution in [2.45, 2.75) is 33.7 Å². The molecule has 1 atom stereocenters. The first-order valence-electron chi connectivity index (χ1n) is 5.37. The number of thiocarbonyl (C=S) groups is 1. The summed E-state index contributed by atoms with van der Waals surface area (Å²) in [6.07, 6.45) is 3.47. The quantitative estimate of drug-likeness (QED) is 0.812. The minimum absolute atomic E-state index is 0. The van der Waals surface area contributed by atoms with E-state index < -0.39 is 0 Å². The van der Waals surface area contributed by atoms with Crippen LogP contribution >= 0.6 is 24.6 Å². The molecule has 0 aliphatic rings. The van der Waals surface area contributed by atoms with E-state index in [1.807, 2.05) is 12.1 Å². The van der Waals surface area contributed by atoms with Crippen molar-refractivity contribution in [3.8, 4) is 0 Å². The fourth-order valence-corrected chi connectivity index (χ4v) is 1.31. The van der Waals surface area contributed by atoms with Crippen molar-refractivity contribution in [1.82, 2.24) is 10.3 Å². The van der Waals surface area contributed by atoms with Crippen molar-refractivity contribution < 1.29 is 0 Å². The second kappa shape index (κ2) is 6.77. The molecule has 0 aromatic carbocycles. The van der Waals surface area contributed by atoms with Gasteiger partial charge >= 0.3 is 0 Å². The Hall–Kier alpha value is -0.870. The zero-order valence-electron chi connectivity index (χ0n) is 10.7. The standard InChI is InChI=1S/C12H19N3S.ClH/c1-9(12(2,3)4)14-11(16)15-10-5-7-13-8-6-10;/h5-9H,1-4H3,(H2,13,14,15,16);1H. The number of hydrogen-bond acceptors (Lipinski definition) is 2. The molecule has 0 amide bonds. The Labute approximate surface area is 115 Å². The first-order valence-corrected chi connectivity index (χ1v) is 5.78. The van der Waals surface area contributed by atoms with Crippen LogP contribution in [0.4, 0.5) is 5.69 Å². The second-order valence-electron chi connectivity index (χ2n) is 4.92. The molecule has 1 rings (SSSR count). The molecule has 0 aliphatic heterocycles. The lowest BCUT2D eigenvalue weighted by atomic mass is 9.88. The highest BCUT2D eigenvalue weighted by molar-refractivity contribution is 7.80. The fourth-order valence-electron chi connectivity index (χ4n) is 1.02. The maximum absolute atomic E-state index is 5.24. The van der Waals surface area contributed by atoms with E-state index in [1.165, 1.54) is 0 Å². The Morgan fingerprint density at radius 3 is 2.29 bits per heavy atom. The number of nitrogens with zero attached hydrogens (tertiary/aromatic N) is 1. The van der Waals surface area contributed by atoms with Crippen LogP contribution in [-0.4, -0.2) is 16.1 Å². The van der Waals surface area contributed by atoms with Gasteiger partial charge in [-0.2, -0.15) is 0 Å². The molecular formula is C12H20ClN3S. The molecule has 2 N–H and O–H groups in total. The van der Waals surface area contributed by atoms with Crippen molar-refractivity contribution in [1.29, 1.82) is 0 Å². The molecule has 0 saturated heterocycles. The van der Waals surface area contributed by atoms with Crippen LogP contribution in [0.15, 0.2) is 24.5 Å². The number of hydrogen-bond donors (Lipinski definition) is 2. The van der Waals surface area contributed by atoms with Gasteiger partial charge in [0.05, 0.1) is 0 Å². The van der Waals surface area contributed by atoms with E-state index in [9.17, 15) is 0 Å². The normalized spacial score (nSPS) is 12.2. The highest BCUT2D eigenvalue weighted by Gasteiger charge is 2.20. The van der Waals surface area contributed by atoms with Crippen LogP contribution in [0.1, 0.15) is 27.7 Å². The van der Waals surface area contributed by atoms with E-state index in [4.69, 9.17) is 12.2 Å². The third-order valence-electron chi connectivity index (χ3n) is 2.58. The molecule has 17 heavy (non-hydrogen) atoms. The molecule has 1 heterocycles. The topological polar surface area (TPSA) is 37.0 Å². The summed E-state index contributed by atoms with van der Waals surface area (Å²) < 4.78 is 0. The van der Waals surface area contributed by atoms with Crippen LogP contribution in [0.2, 0.25) is 0 Å². The Morgan fingerprint density at radius 1 is 1.29 bits per heavy atom. The molecule has 0 fully saturated rings. The van der Waals surface area contributed by atoms with E-state index in [2.05, 4.69) is 43.3 Å². The lowest BCUT2D eigenvalue weighted by Gasteiger charge is -2.29. The van der Waals surface area contributed by atoms with Gasteiger partial charge in [-0.3, -0.25) is 4.98 Å². The molecule has 3 nitrogen and oxygen atoms in total. The molecule has 0 bridgehead atoms. The van der Waals surface area contributed by atoms with E-state index in [-0.39, 0.29) is 17.8 Å². The number of nitrogens with one attached hydrogen (secondary N) is 2. The molecule has 5 heteroatoms. The smallest absolute Gasteiger partial charge is 0.171 e. The van der Waals surface area contributed by atoms with Gasteiger partial charge in [0.25, 0.3) is 0 Å². The first kappa shape index (κ1) is 16.1. The van der Waals surface area contributed by atoms with Gasteiger partial charge in [0, 0.05) is 24.1 Å². The third kappa shape index (κ3) is 5.84. The molecule has 96 valence electrons. The Bertz CT molecular complexity index is 349. The summed E-state index contributed by atoms with van der Waals surface area (Å²) in [6.45, 7) is 8.67. The number of aromatic nitrogens is 1. The van der Waals surface area contributed by atoms with Crippen molar-refractivity contribution >= 4 is 35.4 Å². The molecule has 1 aromatic rings. The van der Waals surface area contributed by atoms with E-state index in [0.29, 0.717) is 11.2 Å². The van der Waals surface area contributed by atoms with Gasteiger partial charge < -0.3 is 10.6 Å². The second-order valence-corrected chi connectivity index (χ2v) is 5.33. The number of anilines is 1. The summed E-state index contributed by atoms with van der Waals surface area (Å²) in [7, 11) is 0. The van der Waals surface area contributed by atoms with Crippen molar-refractivity contribution in [3.05, 3.63) is 24.5 Å². The van der Waals surface area contributed by atoms with Crippen LogP contribution in [-0.2, 0) is 0 Å². The van der Waals surface area contributed by atoms with Gasteiger partial charge in [-0.1, -0.05) is 20.8 Å². The van der Waals surface area contributed by atoms with Gasteiger partial charge in [-0.15, -0.1) is 12.4 Å². The lowest BCUT2D eigenvalue weighted by Crippen LogP contribution is -2.43. The average molecular weight is 274 g/mol. The third-order valence-corrected chi connectivity index (χ3v) is 2.80. The predicted octanol–water partition coefficient (Wildman–Crippen LogP) is 3.22. The summed E-state index contributed by atoms with van der Waals surface area (Å²) in [5, 5.41) is 7.04. The summed E-state index contributed by atoms with van der Waals surface area (Å²) in [5.74, 6) is 0. The zero-order valence-corrected chi connectivity index (χ0v) is 12.3. The predicted molar refractivity (Wildman–Crippen MR) is 79.8 cm³/mol. The molecule has 0 saturated carbocycles. The number of pyridine rings is 1. The van der Waals surface area contributed by atoms with Gasteiger partial charge in [0.1, 0.15) is 0 Å². The maximum atomic E-state index is 5.24. The van der Waals surface area contributed by atoms with E-state index in [0.717, 1.165) is 5.69 Å². The zero-order chi connectivity index (χ0) is 12.2. The van der Waals surface area contributed by atoms with E-state index in [1.54, 1.807) is 12.4 Å². The minimum Gasteiger partial charge on any atom is -0.359 e. The minimum atomic E-state index is 0. The molecule has 0 radical (unpaired) electrons. The SMILES string of the molecule is CC(NC(=S)Nc1ccncc1)C(C)(C)C.Cl. The molecule has 1 aromatic heterocycles. The van der Waals surface area contributed by atoms with Crippen molar-refractivity contribution in [2.24, 2.45) is 5.41 Å². The lowest BCUT2D eigenvalue weighted by molar-refractivity contribution is 0.317. The average Bonchev–Trinajstić information content (AvgIpc) is 2.17. The summed E-state index contributed by atoms with van der Waals surface area (Å²) in [5.41, 5.74) is 1.14. The number of rotatable bonds is 2. The van der Waals surface area contributed by atoms with Crippen molar-refractivity contribution in [2.75, 3.05) is 5.32 Å². The fraction of sp³-hybridized carbons (Fsp3) is 0.500.